The molecule has 0 saturated heterocycles. The van der Waals surface area contributed by atoms with Gasteiger partial charge in [-0.15, -0.1) is 0 Å². The monoisotopic (exact) mass is 431 g/mol. The van der Waals surface area contributed by atoms with E-state index in [0.717, 1.165) is 12.0 Å². The van der Waals surface area contributed by atoms with Crippen molar-refractivity contribution in [3.63, 3.8) is 0 Å². The molecule has 1 atom stereocenters. The smallest absolute Gasteiger partial charge is 0.246 e. The molecular formula is C25H25N3O4. The number of fused-ring (bicyclic) bond motifs is 1. The van der Waals surface area contributed by atoms with Crippen molar-refractivity contribution < 1.29 is 19.1 Å². The Balaban J connectivity index is 1.41. The standard InChI is InChI=1S/C25H25N3O4/c29-23(27-20-12-13-21-22(16-20)32-15-7-14-31-21)17-26-24(18-8-3-1-4-9-18)25(30)28-19-10-5-2-6-11-19/h1-6,8-13,16,24,26H,7,14-15,17H2,(H,27,29)(H,28,30). The molecule has 3 aromatic rings. The molecule has 0 saturated carbocycles. The molecule has 1 heterocycles. The van der Waals surface area contributed by atoms with Crippen molar-refractivity contribution >= 4 is 23.2 Å². The Kier molecular flexibility index (Phi) is 6.99. The lowest BCUT2D eigenvalue weighted by molar-refractivity contribution is -0.119. The lowest BCUT2D eigenvalue weighted by Gasteiger charge is -2.19. The van der Waals surface area contributed by atoms with Crippen LogP contribution in [0.2, 0.25) is 0 Å². The van der Waals surface area contributed by atoms with Crippen LogP contribution in [0.15, 0.2) is 78.9 Å². The van der Waals surface area contributed by atoms with Crippen LogP contribution in [0.25, 0.3) is 0 Å². The molecule has 7 nitrogen and oxygen atoms in total. The molecule has 0 aliphatic carbocycles. The van der Waals surface area contributed by atoms with Crippen molar-refractivity contribution in [3.05, 3.63) is 84.4 Å². The third-order valence-corrected chi connectivity index (χ3v) is 4.93. The van der Waals surface area contributed by atoms with Gasteiger partial charge in [-0.1, -0.05) is 48.5 Å². The van der Waals surface area contributed by atoms with Crippen LogP contribution in [-0.4, -0.2) is 31.6 Å². The molecule has 0 bridgehead atoms. The number of benzene rings is 3. The van der Waals surface area contributed by atoms with Crippen LogP contribution in [0, 0.1) is 0 Å². The molecule has 1 aliphatic heterocycles. The summed E-state index contributed by atoms with van der Waals surface area (Å²) < 4.78 is 11.3. The molecule has 7 heteroatoms. The first-order valence-corrected chi connectivity index (χ1v) is 10.5. The largest absolute Gasteiger partial charge is 0.490 e. The summed E-state index contributed by atoms with van der Waals surface area (Å²) in [5, 5.41) is 8.80. The Morgan fingerprint density at radius 2 is 1.47 bits per heavy atom. The summed E-state index contributed by atoms with van der Waals surface area (Å²) in [7, 11) is 0. The SMILES string of the molecule is O=C(CNC(C(=O)Nc1ccccc1)c1ccccc1)Nc1ccc2c(c1)OCCCO2. The highest BCUT2D eigenvalue weighted by atomic mass is 16.5. The number of rotatable bonds is 7. The Labute approximate surface area is 186 Å². The fourth-order valence-electron chi connectivity index (χ4n) is 3.38. The highest BCUT2D eigenvalue weighted by Gasteiger charge is 2.21. The fourth-order valence-corrected chi connectivity index (χ4v) is 3.38. The van der Waals surface area contributed by atoms with E-state index in [9.17, 15) is 9.59 Å². The van der Waals surface area contributed by atoms with Crippen LogP contribution < -0.4 is 25.4 Å². The number of amides is 2. The molecule has 32 heavy (non-hydrogen) atoms. The van der Waals surface area contributed by atoms with Crippen molar-refractivity contribution in [1.82, 2.24) is 5.32 Å². The maximum Gasteiger partial charge on any atom is 0.246 e. The quantitative estimate of drug-likeness (QED) is 0.530. The molecule has 2 amide bonds. The first-order valence-electron chi connectivity index (χ1n) is 10.5. The minimum Gasteiger partial charge on any atom is -0.490 e. The number of hydrogen-bond acceptors (Lipinski definition) is 5. The topological polar surface area (TPSA) is 88.7 Å². The van der Waals surface area contributed by atoms with Crippen LogP contribution in [-0.2, 0) is 9.59 Å². The third-order valence-electron chi connectivity index (χ3n) is 4.93. The van der Waals surface area contributed by atoms with E-state index in [1.165, 1.54) is 0 Å². The van der Waals surface area contributed by atoms with Crippen molar-refractivity contribution in [2.45, 2.75) is 12.5 Å². The summed E-state index contributed by atoms with van der Waals surface area (Å²) in [6.45, 7) is 1.13. The molecule has 0 spiro atoms. The molecule has 0 radical (unpaired) electrons. The van der Waals surface area contributed by atoms with E-state index in [4.69, 9.17) is 9.47 Å². The van der Waals surface area contributed by atoms with Crippen molar-refractivity contribution in [3.8, 4) is 11.5 Å². The Morgan fingerprint density at radius 1 is 0.781 bits per heavy atom. The summed E-state index contributed by atoms with van der Waals surface area (Å²) in [5.74, 6) is 0.761. The summed E-state index contributed by atoms with van der Waals surface area (Å²) in [5.41, 5.74) is 2.06. The number of ether oxygens (including phenoxy) is 2. The zero-order valence-electron chi connectivity index (χ0n) is 17.5. The van der Waals surface area contributed by atoms with Gasteiger partial charge in [-0.3, -0.25) is 14.9 Å². The van der Waals surface area contributed by atoms with Crippen LogP contribution in [0.3, 0.4) is 0 Å². The number of carbonyl (C=O) groups is 2. The van der Waals surface area contributed by atoms with Gasteiger partial charge in [-0.05, 0) is 29.8 Å². The predicted molar refractivity (Wildman–Crippen MR) is 123 cm³/mol. The van der Waals surface area contributed by atoms with Gasteiger partial charge >= 0.3 is 0 Å². The van der Waals surface area contributed by atoms with E-state index < -0.39 is 6.04 Å². The highest BCUT2D eigenvalue weighted by Crippen LogP contribution is 2.32. The zero-order valence-corrected chi connectivity index (χ0v) is 17.5. The normalized spacial score (nSPS) is 13.5. The second kappa shape index (κ2) is 10.5. The fraction of sp³-hybridized carbons (Fsp3) is 0.200. The molecule has 4 rings (SSSR count). The van der Waals surface area contributed by atoms with Gasteiger partial charge in [0.2, 0.25) is 11.8 Å². The van der Waals surface area contributed by atoms with E-state index in [1.54, 1.807) is 18.2 Å². The molecule has 164 valence electrons. The number of hydrogen-bond donors (Lipinski definition) is 3. The Bertz CT molecular complexity index is 1060. The van der Waals surface area contributed by atoms with E-state index in [2.05, 4.69) is 16.0 Å². The lowest BCUT2D eigenvalue weighted by Crippen LogP contribution is -2.37. The van der Waals surface area contributed by atoms with Crippen LogP contribution in [0.1, 0.15) is 18.0 Å². The number of anilines is 2. The van der Waals surface area contributed by atoms with E-state index in [1.807, 2.05) is 60.7 Å². The van der Waals surface area contributed by atoms with Crippen LogP contribution in [0.4, 0.5) is 11.4 Å². The van der Waals surface area contributed by atoms with Gasteiger partial charge in [0.1, 0.15) is 6.04 Å². The first-order chi connectivity index (χ1) is 15.7. The van der Waals surface area contributed by atoms with Crippen LogP contribution >= 0.6 is 0 Å². The summed E-state index contributed by atoms with van der Waals surface area (Å²) in [4.78, 5) is 25.5. The van der Waals surface area contributed by atoms with Crippen LogP contribution in [0.5, 0.6) is 11.5 Å². The van der Waals surface area contributed by atoms with Crippen molar-refractivity contribution in [2.24, 2.45) is 0 Å². The minimum atomic E-state index is -0.689. The molecule has 1 unspecified atom stereocenters. The predicted octanol–water partition coefficient (Wildman–Crippen LogP) is 3.76. The van der Waals surface area contributed by atoms with Gasteiger partial charge in [-0.2, -0.15) is 0 Å². The van der Waals surface area contributed by atoms with Gasteiger partial charge in [-0.25, -0.2) is 0 Å². The number of carbonyl (C=O) groups excluding carboxylic acids is 2. The highest BCUT2D eigenvalue weighted by molar-refractivity contribution is 5.97. The Morgan fingerprint density at radius 3 is 2.22 bits per heavy atom. The maximum atomic E-state index is 12.9. The number of para-hydroxylation sites is 1. The molecule has 0 aromatic heterocycles. The second-order valence-electron chi connectivity index (χ2n) is 7.34. The van der Waals surface area contributed by atoms with Gasteiger partial charge in [0.15, 0.2) is 11.5 Å². The van der Waals surface area contributed by atoms with Gasteiger partial charge in [0.05, 0.1) is 19.8 Å². The summed E-state index contributed by atoms with van der Waals surface area (Å²) in [6.07, 6.45) is 0.812. The number of nitrogens with one attached hydrogen (secondary N) is 3. The van der Waals surface area contributed by atoms with E-state index in [0.29, 0.717) is 36.1 Å². The molecule has 1 aliphatic rings. The Hall–Kier alpha value is -3.84. The summed E-state index contributed by atoms with van der Waals surface area (Å²) >= 11 is 0. The maximum absolute atomic E-state index is 12.9. The second-order valence-corrected chi connectivity index (χ2v) is 7.34. The lowest BCUT2D eigenvalue weighted by atomic mass is 10.1. The summed E-state index contributed by atoms with van der Waals surface area (Å²) in [6, 6.07) is 23.1. The van der Waals surface area contributed by atoms with Crippen molar-refractivity contribution in [1.29, 1.82) is 0 Å². The van der Waals surface area contributed by atoms with Crippen molar-refractivity contribution in [2.75, 3.05) is 30.4 Å². The van der Waals surface area contributed by atoms with Gasteiger partial charge < -0.3 is 20.1 Å². The molecule has 3 aromatic carbocycles. The third kappa shape index (κ3) is 5.65. The van der Waals surface area contributed by atoms with Gasteiger partial charge in [0, 0.05) is 23.9 Å². The molecular weight excluding hydrogens is 406 g/mol. The van der Waals surface area contributed by atoms with E-state index >= 15 is 0 Å². The molecule has 0 fully saturated rings. The van der Waals surface area contributed by atoms with E-state index in [-0.39, 0.29) is 18.4 Å². The first kappa shape index (κ1) is 21.4. The average Bonchev–Trinajstić information content (AvgIpc) is 3.06. The minimum absolute atomic E-state index is 0.0454. The molecule has 3 N–H and O–H groups in total. The zero-order chi connectivity index (χ0) is 22.2. The van der Waals surface area contributed by atoms with Gasteiger partial charge in [0.25, 0.3) is 0 Å². The average molecular weight is 431 g/mol.